The van der Waals surface area contributed by atoms with Gasteiger partial charge in [0, 0.05) is 12.6 Å². The van der Waals surface area contributed by atoms with Crippen LogP contribution in [0.3, 0.4) is 0 Å². The van der Waals surface area contributed by atoms with Crippen molar-refractivity contribution in [3.63, 3.8) is 0 Å². The summed E-state index contributed by atoms with van der Waals surface area (Å²) in [6.45, 7) is 0.336. The van der Waals surface area contributed by atoms with Crippen molar-refractivity contribution < 1.29 is 19.8 Å². The Morgan fingerprint density at radius 2 is 1.75 bits per heavy atom. The maximum Gasteiger partial charge on any atom is 0.323 e. The van der Waals surface area contributed by atoms with Gasteiger partial charge in [0.2, 0.25) is 0 Å². The van der Waals surface area contributed by atoms with Gasteiger partial charge >= 0.3 is 12.0 Å². The molecule has 2 aliphatic rings. The smallest absolute Gasteiger partial charge is 0.323 e. The van der Waals surface area contributed by atoms with E-state index < -0.39 is 5.97 Å². The Bertz CT molecular complexity index is 355. The van der Waals surface area contributed by atoms with Gasteiger partial charge in [0.15, 0.2) is 0 Å². The van der Waals surface area contributed by atoms with Crippen molar-refractivity contribution in [2.45, 2.75) is 57.0 Å². The molecule has 2 N–H and O–H groups in total. The lowest BCUT2D eigenvalue weighted by Crippen LogP contribution is -2.55. The van der Waals surface area contributed by atoms with Crippen LogP contribution in [-0.2, 0) is 4.79 Å². The third-order valence-corrected chi connectivity index (χ3v) is 4.40. The minimum atomic E-state index is -0.970. The average Bonchev–Trinajstić information content (AvgIpc) is 2.97. The van der Waals surface area contributed by atoms with Crippen molar-refractivity contribution in [3.05, 3.63) is 0 Å². The maximum atomic E-state index is 12.7. The van der Waals surface area contributed by atoms with Crippen LogP contribution in [0.1, 0.15) is 44.9 Å². The number of carboxylic acids is 1. The summed E-state index contributed by atoms with van der Waals surface area (Å²) in [4.78, 5) is 26.9. The second-order valence-electron chi connectivity index (χ2n) is 5.77. The van der Waals surface area contributed by atoms with Crippen LogP contribution in [-0.4, -0.2) is 63.8 Å². The second kappa shape index (κ2) is 6.92. The number of likely N-dealkylation sites (tertiary alicyclic amines) is 1. The summed E-state index contributed by atoms with van der Waals surface area (Å²) in [7, 11) is 0. The Hall–Kier alpha value is -1.30. The number of amides is 2. The Kier molecular flexibility index (Phi) is 5.23. The van der Waals surface area contributed by atoms with E-state index in [1.54, 1.807) is 4.90 Å². The number of aliphatic carboxylic acids is 1. The van der Waals surface area contributed by atoms with Gasteiger partial charge in [-0.25, -0.2) is 4.79 Å². The van der Waals surface area contributed by atoms with E-state index in [0.29, 0.717) is 6.54 Å². The molecule has 0 radical (unpaired) electrons. The number of aliphatic hydroxyl groups is 1. The molecule has 1 saturated heterocycles. The monoisotopic (exact) mass is 284 g/mol. The van der Waals surface area contributed by atoms with E-state index in [1.807, 2.05) is 0 Å². The molecule has 1 saturated carbocycles. The highest BCUT2D eigenvalue weighted by Crippen LogP contribution is 2.26. The molecule has 20 heavy (non-hydrogen) atoms. The molecule has 1 aliphatic carbocycles. The number of nitrogens with zero attached hydrogens (tertiary/aromatic N) is 2. The summed E-state index contributed by atoms with van der Waals surface area (Å²) in [5, 5.41) is 18.5. The summed E-state index contributed by atoms with van der Waals surface area (Å²) in [5.41, 5.74) is 0. The SMILES string of the molecule is O=C(O)CN(C(=O)N1CCCCC1CO)C1CCCC1. The van der Waals surface area contributed by atoms with Gasteiger partial charge in [-0.1, -0.05) is 12.8 Å². The van der Waals surface area contributed by atoms with E-state index in [1.165, 1.54) is 4.90 Å². The molecule has 6 heteroatoms. The van der Waals surface area contributed by atoms with Gasteiger partial charge in [0.1, 0.15) is 6.54 Å². The maximum absolute atomic E-state index is 12.7. The van der Waals surface area contributed by atoms with Crippen LogP contribution >= 0.6 is 0 Å². The molecule has 0 spiro atoms. The summed E-state index contributed by atoms with van der Waals surface area (Å²) in [6, 6.07) is -0.327. The van der Waals surface area contributed by atoms with Gasteiger partial charge < -0.3 is 20.0 Å². The number of hydrogen-bond acceptors (Lipinski definition) is 3. The lowest BCUT2D eigenvalue weighted by Gasteiger charge is -2.39. The van der Waals surface area contributed by atoms with Gasteiger partial charge in [0.25, 0.3) is 0 Å². The number of rotatable bonds is 4. The third-order valence-electron chi connectivity index (χ3n) is 4.40. The number of piperidine rings is 1. The van der Waals surface area contributed by atoms with Gasteiger partial charge in [-0.3, -0.25) is 4.79 Å². The average molecular weight is 284 g/mol. The zero-order valence-corrected chi connectivity index (χ0v) is 11.8. The largest absolute Gasteiger partial charge is 0.480 e. The van der Waals surface area contributed by atoms with E-state index in [4.69, 9.17) is 5.11 Å². The Balaban J connectivity index is 2.09. The van der Waals surface area contributed by atoms with E-state index in [2.05, 4.69) is 0 Å². The molecule has 2 rings (SSSR count). The van der Waals surface area contributed by atoms with Crippen LogP contribution in [0.5, 0.6) is 0 Å². The molecule has 0 aromatic rings. The van der Waals surface area contributed by atoms with Crippen molar-refractivity contribution in [1.82, 2.24) is 9.80 Å². The number of carbonyl (C=O) groups is 2. The molecule has 0 aromatic heterocycles. The first-order chi connectivity index (χ1) is 9.63. The third kappa shape index (κ3) is 3.42. The lowest BCUT2D eigenvalue weighted by atomic mass is 10.0. The van der Waals surface area contributed by atoms with Gasteiger partial charge in [0.05, 0.1) is 12.6 Å². The molecule has 6 nitrogen and oxygen atoms in total. The van der Waals surface area contributed by atoms with Crippen LogP contribution < -0.4 is 0 Å². The van der Waals surface area contributed by atoms with Gasteiger partial charge in [-0.05, 0) is 32.1 Å². The normalized spacial score (nSPS) is 23.9. The highest BCUT2D eigenvalue weighted by atomic mass is 16.4. The highest BCUT2D eigenvalue weighted by molar-refractivity contribution is 5.80. The predicted molar refractivity (Wildman–Crippen MR) is 73.4 cm³/mol. The number of carbonyl (C=O) groups excluding carboxylic acids is 1. The van der Waals surface area contributed by atoms with Crippen LogP contribution in [0.2, 0.25) is 0 Å². The minimum absolute atomic E-state index is 0.0415. The fourth-order valence-corrected chi connectivity index (χ4v) is 3.32. The van der Waals surface area contributed by atoms with E-state index in [0.717, 1.165) is 44.9 Å². The topological polar surface area (TPSA) is 81.1 Å². The van der Waals surface area contributed by atoms with Crippen molar-refractivity contribution >= 4 is 12.0 Å². The zero-order chi connectivity index (χ0) is 14.5. The molecule has 2 fully saturated rings. The van der Waals surface area contributed by atoms with Crippen LogP contribution in [0.25, 0.3) is 0 Å². The Labute approximate surface area is 119 Å². The fourth-order valence-electron chi connectivity index (χ4n) is 3.32. The number of carboxylic acid groups (broad SMARTS) is 1. The van der Waals surface area contributed by atoms with Crippen LogP contribution in [0.15, 0.2) is 0 Å². The van der Waals surface area contributed by atoms with E-state index >= 15 is 0 Å². The summed E-state index contributed by atoms with van der Waals surface area (Å²) in [5.74, 6) is -0.970. The first-order valence-electron chi connectivity index (χ1n) is 7.53. The molecular weight excluding hydrogens is 260 g/mol. The van der Waals surface area contributed by atoms with Crippen LogP contribution in [0.4, 0.5) is 4.79 Å². The molecule has 1 atom stereocenters. The number of urea groups is 1. The first-order valence-corrected chi connectivity index (χ1v) is 7.53. The quantitative estimate of drug-likeness (QED) is 0.815. The predicted octanol–water partition coefficient (Wildman–Crippen LogP) is 1.28. The summed E-state index contributed by atoms with van der Waals surface area (Å²) >= 11 is 0. The van der Waals surface area contributed by atoms with Gasteiger partial charge in [-0.15, -0.1) is 0 Å². The lowest BCUT2D eigenvalue weighted by molar-refractivity contribution is -0.138. The zero-order valence-electron chi connectivity index (χ0n) is 11.8. The van der Waals surface area contributed by atoms with Crippen molar-refractivity contribution in [2.75, 3.05) is 19.7 Å². The van der Waals surface area contributed by atoms with Crippen molar-refractivity contribution in [3.8, 4) is 0 Å². The minimum Gasteiger partial charge on any atom is -0.480 e. The van der Waals surface area contributed by atoms with E-state index in [9.17, 15) is 14.7 Å². The molecule has 1 aliphatic heterocycles. The molecule has 114 valence electrons. The molecule has 0 bridgehead atoms. The number of hydrogen-bond donors (Lipinski definition) is 2. The molecule has 2 amide bonds. The molecule has 1 heterocycles. The van der Waals surface area contributed by atoms with Crippen molar-refractivity contribution in [2.24, 2.45) is 0 Å². The number of aliphatic hydroxyl groups excluding tert-OH is 1. The Morgan fingerprint density at radius 1 is 1.10 bits per heavy atom. The molecule has 0 aromatic carbocycles. The second-order valence-corrected chi connectivity index (χ2v) is 5.77. The standard InChI is InChI=1S/C14H24N2O4/c17-10-12-7-3-4-8-15(12)14(20)16(9-13(18)19)11-5-1-2-6-11/h11-12,17H,1-10H2,(H,18,19). The Morgan fingerprint density at radius 3 is 2.35 bits per heavy atom. The highest BCUT2D eigenvalue weighted by Gasteiger charge is 2.34. The first kappa shape index (κ1) is 15.1. The summed E-state index contributed by atoms with van der Waals surface area (Å²) < 4.78 is 0. The summed E-state index contributed by atoms with van der Waals surface area (Å²) in [6.07, 6.45) is 6.61. The van der Waals surface area contributed by atoms with E-state index in [-0.39, 0.29) is 31.3 Å². The molecular formula is C14H24N2O4. The fraction of sp³-hybridized carbons (Fsp3) is 0.857. The van der Waals surface area contributed by atoms with Crippen LogP contribution in [0, 0.1) is 0 Å². The molecule has 1 unspecified atom stereocenters. The van der Waals surface area contributed by atoms with Crippen molar-refractivity contribution in [1.29, 1.82) is 0 Å². The van der Waals surface area contributed by atoms with Gasteiger partial charge in [-0.2, -0.15) is 0 Å².